The van der Waals surface area contributed by atoms with Crippen LogP contribution in [0.2, 0.25) is 0 Å². The molecule has 0 saturated heterocycles. The van der Waals surface area contributed by atoms with Crippen molar-refractivity contribution in [3.8, 4) is 11.5 Å². The maximum atomic E-state index is 12.4. The molecular formula is C21H35NO7. The van der Waals surface area contributed by atoms with Gasteiger partial charge in [-0.05, 0) is 58.7 Å². The number of hydrogen-bond donors (Lipinski definition) is 2. The van der Waals surface area contributed by atoms with Gasteiger partial charge in [0, 0.05) is 19.3 Å². The summed E-state index contributed by atoms with van der Waals surface area (Å²) in [5, 5.41) is 13.7. The average molecular weight is 414 g/mol. The number of rotatable bonds is 11. The number of hydrogen-bond acceptors (Lipinski definition) is 7. The van der Waals surface area contributed by atoms with Crippen molar-refractivity contribution in [2.75, 3.05) is 27.4 Å². The summed E-state index contributed by atoms with van der Waals surface area (Å²) in [6, 6.07) is 4.65. The number of carbonyl (C=O) groups excluding carboxylic acids is 1. The molecule has 2 N–H and O–H groups in total. The third-order valence-corrected chi connectivity index (χ3v) is 3.92. The van der Waals surface area contributed by atoms with Gasteiger partial charge in [-0.2, -0.15) is 0 Å². The van der Waals surface area contributed by atoms with Gasteiger partial charge in [0.15, 0.2) is 6.29 Å². The SMILES string of the molecule is CCOC(OCC)C(O)C(Cc1cc(OC)cc(OC)c1)NC(=O)OC(C)(C)C. The van der Waals surface area contributed by atoms with Gasteiger partial charge in [0.05, 0.1) is 20.3 Å². The summed E-state index contributed by atoms with van der Waals surface area (Å²) in [5.41, 5.74) is 0.130. The highest BCUT2D eigenvalue weighted by Crippen LogP contribution is 2.24. The number of aliphatic hydroxyl groups excluding tert-OH is 1. The smallest absolute Gasteiger partial charge is 0.407 e. The van der Waals surface area contributed by atoms with Gasteiger partial charge in [0.25, 0.3) is 0 Å². The number of nitrogens with one attached hydrogen (secondary N) is 1. The summed E-state index contributed by atoms with van der Waals surface area (Å²) in [5.74, 6) is 1.21. The quantitative estimate of drug-likeness (QED) is 0.539. The highest BCUT2D eigenvalue weighted by molar-refractivity contribution is 5.68. The minimum Gasteiger partial charge on any atom is -0.497 e. The Labute approximate surface area is 173 Å². The van der Waals surface area contributed by atoms with Crippen LogP contribution in [0.25, 0.3) is 0 Å². The predicted molar refractivity (Wildman–Crippen MR) is 109 cm³/mol. The molecule has 0 radical (unpaired) electrons. The van der Waals surface area contributed by atoms with Crippen LogP contribution in [0, 0.1) is 0 Å². The Morgan fingerprint density at radius 1 is 1.03 bits per heavy atom. The lowest BCUT2D eigenvalue weighted by Gasteiger charge is -2.31. The zero-order valence-corrected chi connectivity index (χ0v) is 18.5. The topological polar surface area (TPSA) is 95.5 Å². The molecule has 0 fully saturated rings. The van der Waals surface area contributed by atoms with Crippen LogP contribution < -0.4 is 14.8 Å². The van der Waals surface area contributed by atoms with Crippen LogP contribution in [0.5, 0.6) is 11.5 Å². The number of aliphatic hydroxyl groups is 1. The van der Waals surface area contributed by atoms with Gasteiger partial charge >= 0.3 is 6.09 Å². The Bertz CT molecular complexity index is 602. The first-order valence-electron chi connectivity index (χ1n) is 9.76. The average Bonchev–Trinajstić information content (AvgIpc) is 2.64. The Morgan fingerprint density at radius 2 is 1.55 bits per heavy atom. The summed E-state index contributed by atoms with van der Waals surface area (Å²) in [4.78, 5) is 12.4. The first kappa shape index (κ1) is 25.0. The molecule has 8 nitrogen and oxygen atoms in total. The van der Waals surface area contributed by atoms with Crippen molar-refractivity contribution in [3.63, 3.8) is 0 Å². The third kappa shape index (κ3) is 8.89. The molecular weight excluding hydrogens is 378 g/mol. The highest BCUT2D eigenvalue weighted by atomic mass is 16.7. The molecule has 2 unspecified atom stereocenters. The van der Waals surface area contributed by atoms with E-state index < -0.39 is 30.1 Å². The maximum Gasteiger partial charge on any atom is 0.407 e. The number of carbonyl (C=O) groups is 1. The zero-order valence-electron chi connectivity index (χ0n) is 18.5. The Hall–Kier alpha value is -2.03. The second kappa shape index (κ2) is 11.8. The van der Waals surface area contributed by atoms with E-state index in [-0.39, 0.29) is 6.42 Å². The van der Waals surface area contributed by atoms with E-state index in [9.17, 15) is 9.90 Å². The molecule has 2 atom stereocenters. The first-order chi connectivity index (χ1) is 13.6. The van der Waals surface area contributed by atoms with Crippen LogP contribution in [0.1, 0.15) is 40.2 Å². The third-order valence-electron chi connectivity index (χ3n) is 3.92. The number of ether oxygens (including phenoxy) is 5. The van der Waals surface area contributed by atoms with Gasteiger partial charge in [-0.1, -0.05) is 0 Å². The molecule has 0 aromatic heterocycles. The molecule has 0 saturated carbocycles. The van der Waals surface area contributed by atoms with Crippen molar-refractivity contribution in [1.82, 2.24) is 5.32 Å². The second-order valence-electron chi connectivity index (χ2n) is 7.45. The van der Waals surface area contributed by atoms with Crippen LogP contribution >= 0.6 is 0 Å². The number of amides is 1. The van der Waals surface area contributed by atoms with Crippen molar-refractivity contribution in [3.05, 3.63) is 23.8 Å². The van der Waals surface area contributed by atoms with Crippen LogP contribution in [0.3, 0.4) is 0 Å². The van der Waals surface area contributed by atoms with Crippen molar-refractivity contribution >= 4 is 6.09 Å². The maximum absolute atomic E-state index is 12.4. The lowest BCUT2D eigenvalue weighted by molar-refractivity contribution is -0.195. The fourth-order valence-corrected chi connectivity index (χ4v) is 2.72. The van der Waals surface area contributed by atoms with E-state index in [0.29, 0.717) is 24.7 Å². The van der Waals surface area contributed by atoms with Gasteiger partial charge in [-0.25, -0.2) is 4.79 Å². The lowest BCUT2D eigenvalue weighted by Crippen LogP contribution is -2.52. The molecule has 1 amide bonds. The fourth-order valence-electron chi connectivity index (χ4n) is 2.72. The van der Waals surface area contributed by atoms with Gasteiger partial charge in [-0.3, -0.25) is 0 Å². The van der Waals surface area contributed by atoms with E-state index in [4.69, 9.17) is 23.7 Å². The van der Waals surface area contributed by atoms with Crippen LogP contribution in [-0.2, 0) is 20.6 Å². The highest BCUT2D eigenvalue weighted by Gasteiger charge is 2.32. The second-order valence-corrected chi connectivity index (χ2v) is 7.45. The zero-order chi connectivity index (χ0) is 22.0. The summed E-state index contributed by atoms with van der Waals surface area (Å²) in [6.45, 7) is 9.64. The Morgan fingerprint density at radius 3 is 1.97 bits per heavy atom. The van der Waals surface area contributed by atoms with Crippen molar-refractivity contribution in [2.45, 2.75) is 65.1 Å². The molecule has 1 aromatic rings. The van der Waals surface area contributed by atoms with E-state index in [1.165, 1.54) is 0 Å². The van der Waals surface area contributed by atoms with Gasteiger partial charge < -0.3 is 34.1 Å². The minimum absolute atomic E-state index is 0.282. The van der Waals surface area contributed by atoms with E-state index in [1.807, 2.05) is 26.0 Å². The standard InChI is InChI=1S/C21H35NO7/c1-8-27-19(28-9-2)18(23)17(22-20(24)29-21(3,4)5)12-14-10-15(25-6)13-16(11-14)26-7/h10-11,13,17-19,23H,8-9,12H2,1-7H3,(H,22,24). The number of alkyl carbamates (subject to hydrolysis) is 1. The molecule has 0 heterocycles. The van der Waals surface area contributed by atoms with Gasteiger partial charge in [0.2, 0.25) is 0 Å². The molecule has 1 rings (SSSR count). The molecule has 0 aliphatic heterocycles. The summed E-state index contributed by atoms with van der Waals surface area (Å²) < 4.78 is 27.0. The largest absolute Gasteiger partial charge is 0.497 e. The van der Waals surface area contributed by atoms with E-state index in [0.717, 1.165) is 5.56 Å². The first-order valence-corrected chi connectivity index (χ1v) is 9.76. The molecule has 29 heavy (non-hydrogen) atoms. The van der Waals surface area contributed by atoms with E-state index in [1.54, 1.807) is 41.1 Å². The lowest BCUT2D eigenvalue weighted by atomic mass is 10.00. The molecule has 0 aliphatic rings. The Balaban J connectivity index is 3.13. The van der Waals surface area contributed by atoms with Crippen LogP contribution in [0.15, 0.2) is 18.2 Å². The molecule has 0 bridgehead atoms. The minimum atomic E-state index is -1.13. The molecule has 8 heteroatoms. The monoisotopic (exact) mass is 413 g/mol. The van der Waals surface area contributed by atoms with Crippen LogP contribution in [-0.4, -0.2) is 62.7 Å². The fraction of sp³-hybridized carbons (Fsp3) is 0.667. The molecule has 1 aromatic carbocycles. The molecule has 166 valence electrons. The van der Waals surface area contributed by atoms with Crippen molar-refractivity contribution in [1.29, 1.82) is 0 Å². The predicted octanol–water partition coefficient (Wildman–Crippen LogP) is 2.90. The van der Waals surface area contributed by atoms with Gasteiger partial charge in [0.1, 0.15) is 23.2 Å². The summed E-state index contributed by atoms with van der Waals surface area (Å²) in [6.07, 6.45) is -2.37. The van der Waals surface area contributed by atoms with Crippen molar-refractivity contribution < 1.29 is 33.6 Å². The summed E-state index contributed by atoms with van der Waals surface area (Å²) >= 11 is 0. The van der Waals surface area contributed by atoms with Gasteiger partial charge in [-0.15, -0.1) is 0 Å². The van der Waals surface area contributed by atoms with E-state index >= 15 is 0 Å². The van der Waals surface area contributed by atoms with Crippen molar-refractivity contribution in [2.24, 2.45) is 0 Å². The Kier molecular flexibility index (Phi) is 10.2. The number of methoxy groups -OCH3 is 2. The molecule has 0 aliphatic carbocycles. The van der Waals surface area contributed by atoms with E-state index in [2.05, 4.69) is 5.32 Å². The molecule has 0 spiro atoms. The normalized spacial score (nSPS) is 13.7. The summed E-state index contributed by atoms with van der Waals surface area (Å²) in [7, 11) is 3.12. The number of benzene rings is 1. The van der Waals surface area contributed by atoms with Crippen LogP contribution in [0.4, 0.5) is 4.79 Å².